The molecule has 144 valence electrons. The summed E-state index contributed by atoms with van der Waals surface area (Å²) in [5.74, 6) is -0.922. The average Bonchev–Trinajstić information content (AvgIpc) is 2.56. The molecule has 0 aliphatic heterocycles. The van der Waals surface area contributed by atoms with Gasteiger partial charge in [0.25, 0.3) is 0 Å². The summed E-state index contributed by atoms with van der Waals surface area (Å²) in [5.41, 5.74) is 4.33. The van der Waals surface area contributed by atoms with E-state index in [0.717, 1.165) is 22.4 Å². The van der Waals surface area contributed by atoms with Gasteiger partial charge in [0.05, 0.1) is 12.6 Å². The summed E-state index contributed by atoms with van der Waals surface area (Å²) in [7, 11) is 1.70. The summed E-state index contributed by atoms with van der Waals surface area (Å²) in [5, 5.41) is 5.58. The van der Waals surface area contributed by atoms with Gasteiger partial charge in [0.15, 0.2) is 0 Å². The molecule has 1 atom stereocenters. The largest absolute Gasteiger partial charge is 0.325 e. The molecule has 2 amide bonds. The predicted molar refractivity (Wildman–Crippen MR) is 106 cm³/mol. The number of carbonyl (C=O) groups excluding carboxylic acids is 2. The van der Waals surface area contributed by atoms with Crippen LogP contribution >= 0.6 is 0 Å². The highest BCUT2D eigenvalue weighted by Gasteiger charge is 2.21. The summed E-state index contributed by atoms with van der Waals surface area (Å²) in [6.07, 6.45) is 0. The molecule has 0 saturated carbocycles. The van der Waals surface area contributed by atoms with Crippen LogP contribution in [0, 0.1) is 26.6 Å². The topological polar surface area (TPSA) is 61.4 Å². The van der Waals surface area contributed by atoms with Crippen molar-refractivity contribution in [2.45, 2.75) is 33.7 Å². The van der Waals surface area contributed by atoms with Gasteiger partial charge < -0.3 is 10.6 Å². The van der Waals surface area contributed by atoms with Gasteiger partial charge in [-0.3, -0.25) is 14.5 Å². The molecule has 27 heavy (non-hydrogen) atoms. The van der Waals surface area contributed by atoms with Crippen molar-refractivity contribution in [1.29, 1.82) is 0 Å². The minimum Gasteiger partial charge on any atom is -0.325 e. The van der Waals surface area contributed by atoms with Crippen molar-refractivity contribution in [1.82, 2.24) is 4.90 Å². The fraction of sp³-hybridized carbons (Fsp3) is 0.333. The standard InChI is InChI=1S/C21H26FN3O2/c1-13-9-14(2)20(15(3)10-13)24-21(27)16(4)25(5)12-19(26)23-18-8-6-7-17(22)11-18/h6-11,16H,12H2,1-5H3,(H,23,26)(H,24,27)/t16-/m0/s1. The number of benzene rings is 2. The third-order valence-electron chi connectivity index (χ3n) is 4.47. The van der Waals surface area contributed by atoms with Crippen LogP contribution in [-0.4, -0.2) is 36.3 Å². The Hall–Kier alpha value is -2.73. The second-order valence-corrected chi connectivity index (χ2v) is 6.91. The molecule has 0 unspecified atom stereocenters. The average molecular weight is 371 g/mol. The first kappa shape index (κ1) is 20.6. The Balaban J connectivity index is 1.97. The van der Waals surface area contributed by atoms with Gasteiger partial charge in [0, 0.05) is 11.4 Å². The van der Waals surface area contributed by atoms with E-state index in [-0.39, 0.29) is 18.4 Å². The summed E-state index contributed by atoms with van der Waals surface area (Å²) in [6, 6.07) is 9.22. The van der Waals surface area contributed by atoms with Crippen LogP contribution in [0.25, 0.3) is 0 Å². The van der Waals surface area contributed by atoms with Gasteiger partial charge in [-0.1, -0.05) is 23.8 Å². The fourth-order valence-electron chi connectivity index (χ4n) is 2.94. The lowest BCUT2D eigenvalue weighted by molar-refractivity contribution is -0.122. The molecule has 5 nitrogen and oxygen atoms in total. The van der Waals surface area contributed by atoms with Gasteiger partial charge in [-0.05, 0) is 64.1 Å². The van der Waals surface area contributed by atoms with E-state index in [9.17, 15) is 14.0 Å². The van der Waals surface area contributed by atoms with Crippen LogP contribution in [0.15, 0.2) is 36.4 Å². The maximum Gasteiger partial charge on any atom is 0.241 e. The Bertz CT molecular complexity index is 828. The van der Waals surface area contributed by atoms with Crippen LogP contribution in [0.5, 0.6) is 0 Å². The molecule has 6 heteroatoms. The number of carbonyl (C=O) groups is 2. The lowest BCUT2D eigenvalue weighted by Gasteiger charge is -2.24. The van der Waals surface area contributed by atoms with Crippen LogP contribution in [0.4, 0.5) is 15.8 Å². The van der Waals surface area contributed by atoms with E-state index in [0.29, 0.717) is 5.69 Å². The zero-order valence-corrected chi connectivity index (χ0v) is 16.4. The van der Waals surface area contributed by atoms with Crippen molar-refractivity contribution >= 4 is 23.2 Å². The number of hydrogen-bond acceptors (Lipinski definition) is 3. The number of hydrogen-bond donors (Lipinski definition) is 2. The molecule has 2 N–H and O–H groups in total. The van der Waals surface area contributed by atoms with E-state index >= 15 is 0 Å². The molecule has 0 heterocycles. The quantitative estimate of drug-likeness (QED) is 0.815. The number of rotatable bonds is 6. The predicted octanol–water partition coefficient (Wildman–Crippen LogP) is 3.65. The van der Waals surface area contributed by atoms with Crippen LogP contribution in [0.3, 0.4) is 0 Å². The molecule has 0 aliphatic carbocycles. The van der Waals surface area contributed by atoms with Crippen molar-refractivity contribution in [3.63, 3.8) is 0 Å². The molecular formula is C21H26FN3O2. The van der Waals surface area contributed by atoms with E-state index in [2.05, 4.69) is 10.6 Å². The summed E-state index contributed by atoms with van der Waals surface area (Å²) in [4.78, 5) is 26.4. The van der Waals surface area contributed by atoms with Crippen molar-refractivity contribution in [3.8, 4) is 0 Å². The lowest BCUT2D eigenvalue weighted by Crippen LogP contribution is -2.43. The Labute approximate surface area is 159 Å². The zero-order valence-electron chi connectivity index (χ0n) is 16.4. The molecule has 2 aromatic carbocycles. The molecule has 0 saturated heterocycles. The van der Waals surface area contributed by atoms with Gasteiger partial charge in [-0.15, -0.1) is 0 Å². The number of aryl methyl sites for hydroxylation is 3. The van der Waals surface area contributed by atoms with Gasteiger partial charge in [0.1, 0.15) is 5.82 Å². The first-order valence-electron chi connectivity index (χ1n) is 8.81. The summed E-state index contributed by atoms with van der Waals surface area (Å²) in [6.45, 7) is 7.67. The molecule has 2 aromatic rings. The molecule has 0 aliphatic rings. The fourth-order valence-corrected chi connectivity index (χ4v) is 2.94. The van der Waals surface area contributed by atoms with Gasteiger partial charge in [-0.2, -0.15) is 0 Å². The third kappa shape index (κ3) is 5.62. The molecule has 0 bridgehead atoms. The van der Waals surface area contributed by atoms with Crippen LogP contribution in [0.1, 0.15) is 23.6 Å². The number of amides is 2. The molecule has 2 rings (SSSR count). The van der Waals surface area contributed by atoms with E-state index in [1.165, 1.54) is 18.2 Å². The Morgan fingerprint density at radius 1 is 1.07 bits per heavy atom. The zero-order chi connectivity index (χ0) is 20.1. The van der Waals surface area contributed by atoms with Gasteiger partial charge in [-0.25, -0.2) is 4.39 Å². The SMILES string of the molecule is Cc1cc(C)c(NC(=O)[C@H](C)N(C)CC(=O)Nc2cccc(F)c2)c(C)c1. The van der Waals surface area contributed by atoms with E-state index < -0.39 is 11.9 Å². The van der Waals surface area contributed by atoms with Crippen molar-refractivity contribution in [2.75, 3.05) is 24.2 Å². The normalized spacial score (nSPS) is 12.0. The highest BCUT2D eigenvalue weighted by molar-refractivity contribution is 5.97. The number of anilines is 2. The van der Waals surface area contributed by atoms with Crippen molar-refractivity contribution in [3.05, 3.63) is 58.9 Å². The van der Waals surface area contributed by atoms with Crippen LogP contribution < -0.4 is 10.6 Å². The van der Waals surface area contributed by atoms with Crippen LogP contribution in [-0.2, 0) is 9.59 Å². The summed E-state index contributed by atoms with van der Waals surface area (Å²) < 4.78 is 13.2. The Morgan fingerprint density at radius 2 is 1.70 bits per heavy atom. The number of nitrogens with zero attached hydrogens (tertiary/aromatic N) is 1. The Kier molecular flexibility index (Phi) is 6.69. The van der Waals surface area contributed by atoms with Gasteiger partial charge >= 0.3 is 0 Å². The van der Waals surface area contributed by atoms with E-state index in [1.54, 1.807) is 24.9 Å². The van der Waals surface area contributed by atoms with Crippen LogP contribution in [0.2, 0.25) is 0 Å². The molecule has 0 aromatic heterocycles. The van der Waals surface area contributed by atoms with E-state index in [1.807, 2.05) is 32.9 Å². The maximum atomic E-state index is 13.2. The number of likely N-dealkylation sites (N-methyl/N-ethyl adjacent to an activating group) is 1. The first-order chi connectivity index (χ1) is 12.7. The Morgan fingerprint density at radius 3 is 2.30 bits per heavy atom. The van der Waals surface area contributed by atoms with E-state index in [4.69, 9.17) is 0 Å². The second-order valence-electron chi connectivity index (χ2n) is 6.91. The minimum atomic E-state index is -0.511. The monoisotopic (exact) mass is 371 g/mol. The lowest BCUT2D eigenvalue weighted by atomic mass is 10.0. The molecular weight excluding hydrogens is 345 g/mol. The number of nitrogens with one attached hydrogen (secondary N) is 2. The minimum absolute atomic E-state index is 0.0109. The smallest absolute Gasteiger partial charge is 0.241 e. The van der Waals surface area contributed by atoms with Crippen molar-refractivity contribution in [2.24, 2.45) is 0 Å². The van der Waals surface area contributed by atoms with Crippen molar-refractivity contribution < 1.29 is 14.0 Å². The highest BCUT2D eigenvalue weighted by atomic mass is 19.1. The molecule has 0 spiro atoms. The highest BCUT2D eigenvalue weighted by Crippen LogP contribution is 2.22. The molecule has 0 fully saturated rings. The third-order valence-corrected chi connectivity index (χ3v) is 4.47. The second kappa shape index (κ2) is 8.77. The first-order valence-corrected chi connectivity index (χ1v) is 8.81. The molecule has 0 radical (unpaired) electrons. The maximum absolute atomic E-state index is 13.2. The summed E-state index contributed by atoms with van der Waals surface area (Å²) >= 11 is 0. The number of halogens is 1. The van der Waals surface area contributed by atoms with Gasteiger partial charge in [0.2, 0.25) is 11.8 Å².